The molecule has 0 aliphatic carbocycles. The van der Waals surface area contributed by atoms with E-state index in [1.807, 2.05) is 54.5 Å². The number of benzene rings is 2. The van der Waals surface area contributed by atoms with Crippen molar-refractivity contribution in [3.8, 4) is 39.1 Å². The van der Waals surface area contributed by atoms with Gasteiger partial charge in [0.05, 0.1) is 26.0 Å². The minimum Gasteiger partial charge on any atom is -0.497 e. The van der Waals surface area contributed by atoms with Gasteiger partial charge in [-0.1, -0.05) is 0 Å². The number of aromatic nitrogens is 1. The molecule has 2 heterocycles. The Labute approximate surface area is 217 Å². The number of methoxy groups -OCH3 is 1. The van der Waals surface area contributed by atoms with Gasteiger partial charge in [0.1, 0.15) is 10.8 Å². The van der Waals surface area contributed by atoms with Crippen LogP contribution in [0.2, 0.25) is 0 Å². The van der Waals surface area contributed by atoms with E-state index in [2.05, 4.69) is 11.9 Å². The number of halogens is 1. The number of rotatable bonds is 8. The Morgan fingerprint density at radius 3 is 2.37 bits per heavy atom. The zero-order valence-corrected chi connectivity index (χ0v) is 22.2. The van der Waals surface area contributed by atoms with Crippen molar-refractivity contribution >= 4 is 29.7 Å². The van der Waals surface area contributed by atoms with Crippen LogP contribution in [-0.4, -0.2) is 74.2 Å². The number of amides is 1. The maximum Gasteiger partial charge on any atom is 0.254 e. The van der Waals surface area contributed by atoms with Crippen molar-refractivity contribution in [2.24, 2.45) is 0 Å². The highest BCUT2D eigenvalue weighted by Crippen LogP contribution is 2.36. The number of likely N-dealkylation sites (N-methyl/N-ethyl adjacent to an activating group) is 1. The number of thiazole rings is 1. The molecule has 2 aromatic carbocycles. The number of ether oxygens (including phenoxy) is 3. The second kappa shape index (κ2) is 12.2. The summed E-state index contributed by atoms with van der Waals surface area (Å²) in [4.78, 5) is 22.2. The molecule has 9 heteroatoms. The summed E-state index contributed by atoms with van der Waals surface area (Å²) in [6, 6.07) is 11.5. The monoisotopic (exact) mass is 517 g/mol. The number of carbonyl (C=O) groups is 1. The van der Waals surface area contributed by atoms with Crippen molar-refractivity contribution in [3.05, 3.63) is 47.3 Å². The van der Waals surface area contributed by atoms with E-state index in [1.165, 1.54) is 0 Å². The Bertz CT molecular complexity index is 1150. The van der Waals surface area contributed by atoms with Crippen molar-refractivity contribution in [2.45, 2.75) is 13.8 Å². The first-order valence-corrected chi connectivity index (χ1v) is 12.4. The van der Waals surface area contributed by atoms with Crippen LogP contribution < -0.4 is 14.2 Å². The van der Waals surface area contributed by atoms with Crippen LogP contribution in [0.15, 0.2) is 41.8 Å². The van der Waals surface area contributed by atoms with Gasteiger partial charge in [-0.15, -0.1) is 23.7 Å². The minimum absolute atomic E-state index is 0. The molecule has 0 bridgehead atoms. The molecule has 0 unspecified atom stereocenters. The lowest BCUT2D eigenvalue weighted by atomic mass is 10.1. The fourth-order valence-electron chi connectivity index (χ4n) is 3.90. The Hall–Kier alpha value is -2.81. The van der Waals surface area contributed by atoms with Crippen LogP contribution in [0.1, 0.15) is 24.2 Å². The molecule has 1 aliphatic heterocycles. The van der Waals surface area contributed by atoms with Crippen LogP contribution in [0.5, 0.6) is 17.2 Å². The lowest BCUT2D eigenvalue weighted by molar-refractivity contribution is 0.0664. The molecular weight excluding hydrogens is 486 g/mol. The maximum absolute atomic E-state index is 13.2. The second-order valence-corrected chi connectivity index (χ2v) is 8.97. The van der Waals surface area contributed by atoms with Gasteiger partial charge >= 0.3 is 0 Å². The van der Waals surface area contributed by atoms with Crippen molar-refractivity contribution in [1.29, 1.82) is 0 Å². The molecule has 35 heavy (non-hydrogen) atoms. The molecule has 4 rings (SSSR count). The minimum atomic E-state index is 0. The van der Waals surface area contributed by atoms with Gasteiger partial charge in [0.15, 0.2) is 11.5 Å². The van der Waals surface area contributed by atoms with Crippen molar-refractivity contribution in [1.82, 2.24) is 14.8 Å². The Morgan fingerprint density at radius 1 is 0.971 bits per heavy atom. The Balaban J connectivity index is 0.00000342. The van der Waals surface area contributed by atoms with Gasteiger partial charge in [0, 0.05) is 48.2 Å². The average molecular weight is 518 g/mol. The Morgan fingerprint density at radius 2 is 1.69 bits per heavy atom. The summed E-state index contributed by atoms with van der Waals surface area (Å²) in [5.41, 5.74) is 3.24. The first-order valence-electron chi connectivity index (χ1n) is 11.5. The summed E-state index contributed by atoms with van der Waals surface area (Å²) in [5, 5.41) is 2.87. The van der Waals surface area contributed by atoms with Crippen LogP contribution in [0.25, 0.3) is 21.8 Å². The average Bonchev–Trinajstić information content (AvgIpc) is 3.35. The van der Waals surface area contributed by atoms with Gasteiger partial charge in [0.2, 0.25) is 0 Å². The maximum atomic E-state index is 13.2. The summed E-state index contributed by atoms with van der Waals surface area (Å²) in [6.07, 6.45) is 0. The van der Waals surface area contributed by atoms with Gasteiger partial charge in [-0.2, -0.15) is 0 Å². The third kappa shape index (κ3) is 6.25. The highest BCUT2D eigenvalue weighted by Gasteiger charge is 2.22. The molecule has 3 aromatic rings. The molecule has 7 nitrogen and oxygen atoms in total. The van der Waals surface area contributed by atoms with Gasteiger partial charge in [-0.05, 0) is 57.3 Å². The van der Waals surface area contributed by atoms with Gasteiger partial charge in [-0.3, -0.25) is 4.79 Å². The molecule has 1 amide bonds. The first-order chi connectivity index (χ1) is 16.5. The fraction of sp³-hybridized carbons (Fsp3) is 0.385. The number of hydrogen-bond donors (Lipinski definition) is 0. The van der Waals surface area contributed by atoms with Crippen molar-refractivity contribution in [2.75, 3.05) is 53.6 Å². The van der Waals surface area contributed by atoms with E-state index in [1.54, 1.807) is 24.5 Å². The first kappa shape index (κ1) is 26.8. The molecule has 0 saturated carbocycles. The third-order valence-corrected chi connectivity index (χ3v) is 6.66. The summed E-state index contributed by atoms with van der Waals surface area (Å²) in [6.45, 7) is 8.24. The lowest BCUT2D eigenvalue weighted by Crippen LogP contribution is -2.47. The number of nitrogens with zero attached hydrogens (tertiary/aromatic N) is 3. The van der Waals surface area contributed by atoms with E-state index >= 15 is 0 Å². The van der Waals surface area contributed by atoms with Crippen LogP contribution >= 0.6 is 23.7 Å². The van der Waals surface area contributed by atoms with Gasteiger partial charge < -0.3 is 24.0 Å². The van der Waals surface area contributed by atoms with Crippen molar-refractivity contribution < 1.29 is 19.0 Å². The van der Waals surface area contributed by atoms with Gasteiger partial charge in [0.25, 0.3) is 5.91 Å². The van der Waals surface area contributed by atoms with E-state index in [0.717, 1.165) is 53.8 Å². The molecule has 0 atom stereocenters. The predicted molar refractivity (Wildman–Crippen MR) is 143 cm³/mol. The van der Waals surface area contributed by atoms with E-state index < -0.39 is 0 Å². The topological polar surface area (TPSA) is 64.1 Å². The number of piperazine rings is 1. The number of carbonyl (C=O) groups excluding carboxylic acids is 1. The molecular formula is C26H32ClN3O4S. The molecule has 1 aromatic heterocycles. The lowest BCUT2D eigenvalue weighted by Gasteiger charge is -2.32. The highest BCUT2D eigenvalue weighted by molar-refractivity contribution is 7.13. The predicted octanol–water partition coefficient (Wildman–Crippen LogP) is 5.09. The SMILES string of the molecule is CCOc1ccc(-c2nc(-c3cc(OC)cc(C(=O)N4CCN(C)CC4)c3)cs2)cc1OCC.Cl. The number of hydrogen-bond acceptors (Lipinski definition) is 7. The fourth-order valence-corrected chi connectivity index (χ4v) is 4.73. The largest absolute Gasteiger partial charge is 0.497 e. The van der Waals surface area contributed by atoms with Crippen LogP contribution in [-0.2, 0) is 0 Å². The van der Waals surface area contributed by atoms with Crippen LogP contribution in [0, 0.1) is 0 Å². The van der Waals surface area contributed by atoms with E-state index in [9.17, 15) is 4.79 Å². The normalized spacial score (nSPS) is 13.8. The van der Waals surface area contributed by atoms with E-state index in [0.29, 0.717) is 30.3 Å². The zero-order chi connectivity index (χ0) is 24.1. The van der Waals surface area contributed by atoms with Gasteiger partial charge in [-0.25, -0.2) is 4.98 Å². The summed E-state index contributed by atoms with van der Waals surface area (Å²) >= 11 is 1.55. The molecule has 1 aliphatic rings. The van der Waals surface area contributed by atoms with E-state index in [-0.39, 0.29) is 18.3 Å². The zero-order valence-electron chi connectivity index (χ0n) is 20.6. The third-order valence-electron chi connectivity index (χ3n) is 5.77. The molecule has 0 radical (unpaired) electrons. The smallest absolute Gasteiger partial charge is 0.254 e. The summed E-state index contributed by atoms with van der Waals surface area (Å²) in [7, 11) is 3.69. The molecule has 188 valence electrons. The van der Waals surface area contributed by atoms with Crippen molar-refractivity contribution in [3.63, 3.8) is 0 Å². The highest BCUT2D eigenvalue weighted by atomic mass is 35.5. The standard InChI is InChI=1S/C26H31N3O4S.ClH/c1-5-32-23-8-7-18(16-24(23)33-6-2)25-27-22(17-34-25)19-13-20(15-21(14-19)31-4)26(30)29-11-9-28(3)10-12-29;/h7-8,13-17H,5-6,9-12H2,1-4H3;1H. The molecule has 1 fully saturated rings. The van der Waals surface area contributed by atoms with E-state index in [4.69, 9.17) is 19.2 Å². The summed E-state index contributed by atoms with van der Waals surface area (Å²) in [5.74, 6) is 2.10. The second-order valence-electron chi connectivity index (χ2n) is 8.11. The molecule has 0 spiro atoms. The Kier molecular flexibility index (Phi) is 9.37. The molecule has 0 N–H and O–H groups in total. The van der Waals surface area contributed by atoms with Crippen LogP contribution in [0.3, 0.4) is 0 Å². The molecule has 1 saturated heterocycles. The summed E-state index contributed by atoms with van der Waals surface area (Å²) < 4.78 is 17.0. The van der Waals surface area contributed by atoms with Crippen LogP contribution in [0.4, 0.5) is 0 Å². The quantitative estimate of drug-likeness (QED) is 0.414.